The zero-order valence-corrected chi connectivity index (χ0v) is 10.6. The molecule has 0 aliphatic rings. The van der Waals surface area contributed by atoms with Gasteiger partial charge >= 0.3 is 12.4 Å². The highest BCUT2D eigenvalue weighted by molar-refractivity contribution is 5.89. The highest BCUT2D eigenvalue weighted by atomic mass is 19.4. The topological polar surface area (TPSA) is 79.0 Å². The molecule has 2 aromatic rings. The minimum Gasteiger partial charge on any atom is -0.406 e. The molecule has 1 aromatic heterocycles. The zero-order valence-electron chi connectivity index (χ0n) is 10.6. The number of hydrogen-bond acceptors (Lipinski definition) is 3. The molecular formula is C12H11F3N4O2. The van der Waals surface area contributed by atoms with Crippen molar-refractivity contribution in [3.05, 3.63) is 42.2 Å². The van der Waals surface area contributed by atoms with E-state index >= 15 is 0 Å². The molecule has 0 saturated heterocycles. The van der Waals surface area contributed by atoms with Crippen molar-refractivity contribution in [3.63, 3.8) is 0 Å². The third-order valence-corrected chi connectivity index (χ3v) is 2.35. The van der Waals surface area contributed by atoms with Crippen molar-refractivity contribution in [2.75, 3.05) is 5.32 Å². The van der Waals surface area contributed by atoms with Crippen LogP contribution in [0, 0.1) is 0 Å². The van der Waals surface area contributed by atoms with Gasteiger partial charge in [-0.2, -0.15) is 5.10 Å². The molecule has 6 nitrogen and oxygen atoms in total. The van der Waals surface area contributed by atoms with E-state index in [0.717, 1.165) is 17.7 Å². The van der Waals surface area contributed by atoms with Gasteiger partial charge in [0.1, 0.15) is 5.75 Å². The van der Waals surface area contributed by atoms with Gasteiger partial charge in [-0.15, -0.1) is 13.2 Å². The fourth-order valence-electron chi connectivity index (χ4n) is 1.47. The molecule has 21 heavy (non-hydrogen) atoms. The van der Waals surface area contributed by atoms with Gasteiger partial charge in [0.15, 0.2) is 0 Å². The van der Waals surface area contributed by atoms with Crippen molar-refractivity contribution in [2.45, 2.75) is 12.9 Å². The number of benzene rings is 1. The van der Waals surface area contributed by atoms with Crippen LogP contribution in [0.3, 0.4) is 0 Å². The monoisotopic (exact) mass is 300 g/mol. The van der Waals surface area contributed by atoms with Gasteiger partial charge in [-0.05, 0) is 24.3 Å². The fraction of sp³-hybridized carbons (Fsp3) is 0.167. The first kappa shape index (κ1) is 14.7. The summed E-state index contributed by atoms with van der Waals surface area (Å²) in [6.07, 6.45) is -1.55. The molecule has 0 aliphatic carbocycles. The van der Waals surface area contributed by atoms with Crippen LogP contribution in [0.15, 0.2) is 36.7 Å². The lowest BCUT2D eigenvalue weighted by Gasteiger charge is -2.10. The lowest BCUT2D eigenvalue weighted by molar-refractivity contribution is -0.274. The summed E-state index contributed by atoms with van der Waals surface area (Å²) < 4.78 is 39.7. The van der Waals surface area contributed by atoms with E-state index in [2.05, 4.69) is 25.6 Å². The normalized spacial score (nSPS) is 11.0. The zero-order chi connectivity index (χ0) is 15.3. The van der Waals surface area contributed by atoms with Crippen molar-refractivity contribution >= 4 is 11.7 Å². The molecule has 0 saturated carbocycles. The Labute approximate surface area is 117 Å². The Hall–Kier alpha value is -2.71. The van der Waals surface area contributed by atoms with E-state index in [-0.39, 0.29) is 12.3 Å². The van der Waals surface area contributed by atoms with Crippen molar-refractivity contribution < 1.29 is 22.7 Å². The van der Waals surface area contributed by atoms with Crippen molar-refractivity contribution in [2.24, 2.45) is 0 Å². The van der Waals surface area contributed by atoms with Gasteiger partial charge in [0.05, 0.1) is 6.20 Å². The molecule has 0 bridgehead atoms. The number of halogens is 3. The molecule has 9 heteroatoms. The van der Waals surface area contributed by atoms with E-state index in [1.807, 2.05) is 0 Å². The van der Waals surface area contributed by atoms with Crippen LogP contribution in [0.2, 0.25) is 0 Å². The van der Waals surface area contributed by atoms with Gasteiger partial charge in [-0.3, -0.25) is 5.10 Å². The summed E-state index contributed by atoms with van der Waals surface area (Å²) >= 11 is 0. The number of aromatic amines is 1. The van der Waals surface area contributed by atoms with Crippen LogP contribution in [-0.4, -0.2) is 22.6 Å². The van der Waals surface area contributed by atoms with Gasteiger partial charge in [-0.1, -0.05) is 0 Å². The van der Waals surface area contributed by atoms with Crippen LogP contribution >= 0.6 is 0 Å². The second kappa shape index (κ2) is 6.16. The molecule has 2 rings (SSSR count). The number of rotatable bonds is 4. The summed E-state index contributed by atoms with van der Waals surface area (Å²) in [6.45, 7) is 0.275. The average molecular weight is 300 g/mol. The van der Waals surface area contributed by atoms with Crippen molar-refractivity contribution in [1.82, 2.24) is 15.5 Å². The number of alkyl halides is 3. The van der Waals surface area contributed by atoms with Gasteiger partial charge < -0.3 is 15.4 Å². The molecule has 0 radical (unpaired) electrons. The maximum Gasteiger partial charge on any atom is 0.573 e. The van der Waals surface area contributed by atoms with Crippen LogP contribution in [-0.2, 0) is 6.54 Å². The molecule has 1 aromatic carbocycles. The number of urea groups is 1. The molecule has 3 N–H and O–H groups in total. The highest BCUT2D eigenvalue weighted by Crippen LogP contribution is 2.23. The molecule has 0 unspecified atom stereocenters. The Balaban J connectivity index is 1.83. The van der Waals surface area contributed by atoms with Crippen LogP contribution in [0.1, 0.15) is 5.56 Å². The number of carbonyl (C=O) groups is 1. The van der Waals surface area contributed by atoms with E-state index in [0.29, 0.717) is 5.69 Å². The molecule has 0 spiro atoms. The lowest BCUT2D eigenvalue weighted by atomic mass is 10.3. The summed E-state index contributed by atoms with van der Waals surface area (Å²) in [5, 5.41) is 11.4. The SMILES string of the molecule is O=C(NCc1cn[nH]c1)Nc1ccc(OC(F)(F)F)cc1. The van der Waals surface area contributed by atoms with E-state index in [4.69, 9.17) is 0 Å². The first-order chi connectivity index (χ1) is 9.92. The second-order valence-corrected chi connectivity index (χ2v) is 3.99. The third kappa shape index (κ3) is 5.05. The Morgan fingerprint density at radius 2 is 2.00 bits per heavy atom. The molecule has 112 valence electrons. The highest BCUT2D eigenvalue weighted by Gasteiger charge is 2.30. The number of carbonyl (C=O) groups excluding carboxylic acids is 1. The minimum absolute atomic E-state index is 0.275. The summed E-state index contributed by atoms with van der Waals surface area (Å²) in [5.74, 6) is -0.355. The van der Waals surface area contributed by atoms with Crippen molar-refractivity contribution in [3.8, 4) is 5.75 Å². The third-order valence-electron chi connectivity index (χ3n) is 2.35. The number of amides is 2. The summed E-state index contributed by atoms with van der Waals surface area (Å²) in [5.41, 5.74) is 1.13. The number of hydrogen-bond donors (Lipinski definition) is 3. The molecule has 0 fully saturated rings. The summed E-state index contributed by atoms with van der Waals surface area (Å²) in [7, 11) is 0. The van der Waals surface area contributed by atoms with Crippen LogP contribution < -0.4 is 15.4 Å². The van der Waals surface area contributed by atoms with Crippen LogP contribution in [0.25, 0.3) is 0 Å². The van der Waals surface area contributed by atoms with E-state index in [9.17, 15) is 18.0 Å². The number of anilines is 1. The average Bonchev–Trinajstić information content (AvgIpc) is 2.90. The fourth-order valence-corrected chi connectivity index (χ4v) is 1.47. The van der Waals surface area contributed by atoms with Gasteiger partial charge in [0.25, 0.3) is 0 Å². The smallest absolute Gasteiger partial charge is 0.406 e. The standard InChI is InChI=1S/C12H11F3N4O2/c13-12(14,15)21-10-3-1-9(2-4-10)19-11(20)16-5-8-6-17-18-7-8/h1-4,6-7H,5H2,(H,17,18)(H2,16,19,20). The largest absolute Gasteiger partial charge is 0.573 e. The van der Waals surface area contributed by atoms with Crippen LogP contribution in [0.5, 0.6) is 5.75 Å². The van der Waals surface area contributed by atoms with Crippen molar-refractivity contribution in [1.29, 1.82) is 0 Å². The lowest BCUT2D eigenvalue weighted by Crippen LogP contribution is -2.28. The predicted octanol–water partition coefficient (Wildman–Crippen LogP) is 2.63. The van der Waals surface area contributed by atoms with Gasteiger partial charge in [0.2, 0.25) is 0 Å². The number of nitrogens with one attached hydrogen (secondary N) is 3. The van der Waals surface area contributed by atoms with E-state index < -0.39 is 12.4 Å². The minimum atomic E-state index is -4.74. The Morgan fingerprint density at radius 1 is 1.29 bits per heavy atom. The maximum absolute atomic E-state index is 12.0. The van der Waals surface area contributed by atoms with E-state index in [1.165, 1.54) is 12.1 Å². The van der Waals surface area contributed by atoms with Crippen LogP contribution in [0.4, 0.5) is 23.7 Å². The first-order valence-corrected chi connectivity index (χ1v) is 5.81. The van der Waals surface area contributed by atoms with Gasteiger partial charge in [0, 0.05) is 24.0 Å². The quantitative estimate of drug-likeness (QED) is 0.812. The number of aromatic nitrogens is 2. The molecule has 0 aliphatic heterocycles. The molecule has 1 heterocycles. The number of H-pyrrole nitrogens is 1. The number of ether oxygens (including phenoxy) is 1. The second-order valence-electron chi connectivity index (χ2n) is 3.99. The summed E-state index contributed by atoms with van der Waals surface area (Å²) in [6, 6.07) is 4.34. The molecular weight excluding hydrogens is 289 g/mol. The number of nitrogens with zero attached hydrogens (tertiary/aromatic N) is 1. The first-order valence-electron chi connectivity index (χ1n) is 5.81. The summed E-state index contributed by atoms with van der Waals surface area (Å²) in [4.78, 5) is 11.6. The Morgan fingerprint density at radius 3 is 2.57 bits per heavy atom. The van der Waals surface area contributed by atoms with Gasteiger partial charge in [-0.25, -0.2) is 4.79 Å². The Bertz CT molecular complexity index is 582. The Kier molecular flexibility index (Phi) is 4.31. The predicted molar refractivity (Wildman–Crippen MR) is 67.6 cm³/mol. The van der Waals surface area contributed by atoms with E-state index in [1.54, 1.807) is 12.4 Å². The molecule has 2 amide bonds. The maximum atomic E-state index is 12.0. The molecule has 0 atom stereocenters.